The van der Waals surface area contributed by atoms with E-state index < -0.39 is 5.97 Å². The number of rotatable bonds is 4. The summed E-state index contributed by atoms with van der Waals surface area (Å²) >= 11 is 0. The maximum atomic E-state index is 11.2. The first kappa shape index (κ1) is 12.8. The first-order chi connectivity index (χ1) is 9.19. The molecule has 1 aromatic carbocycles. The number of benzene rings is 1. The van der Waals surface area contributed by atoms with Crippen molar-refractivity contribution >= 4 is 17.5 Å². The summed E-state index contributed by atoms with van der Waals surface area (Å²) in [4.78, 5) is 11.2. The van der Waals surface area contributed by atoms with Crippen LogP contribution in [0.25, 0.3) is 0 Å². The van der Waals surface area contributed by atoms with Crippen LogP contribution in [0.1, 0.15) is 16.1 Å². The number of aromatic nitrogens is 2. The molecule has 0 fully saturated rings. The lowest BCUT2D eigenvalue weighted by Crippen LogP contribution is -2.08. The fraction of sp³-hybridized carbons (Fsp3) is 0.154. The molecule has 0 saturated carbocycles. The van der Waals surface area contributed by atoms with E-state index >= 15 is 0 Å². The maximum absolute atomic E-state index is 11.2. The van der Waals surface area contributed by atoms with Gasteiger partial charge in [-0.1, -0.05) is 12.1 Å². The SMILES string of the molecule is COC(=O)c1ccc(NCc2ccc(N)cc2)nn1. The Morgan fingerprint density at radius 2 is 1.95 bits per heavy atom. The van der Waals surface area contributed by atoms with Crippen LogP contribution in [0.2, 0.25) is 0 Å². The molecule has 0 radical (unpaired) electrons. The molecule has 3 N–H and O–H groups in total. The molecule has 1 aromatic heterocycles. The van der Waals surface area contributed by atoms with Crippen LogP contribution in [-0.2, 0) is 11.3 Å². The number of anilines is 2. The van der Waals surface area contributed by atoms with E-state index in [1.807, 2.05) is 24.3 Å². The Kier molecular flexibility index (Phi) is 3.92. The van der Waals surface area contributed by atoms with Crippen molar-refractivity contribution in [3.8, 4) is 0 Å². The molecule has 6 heteroatoms. The average molecular weight is 258 g/mol. The second-order valence-electron chi connectivity index (χ2n) is 3.89. The van der Waals surface area contributed by atoms with E-state index in [1.165, 1.54) is 7.11 Å². The number of carbonyl (C=O) groups is 1. The summed E-state index contributed by atoms with van der Waals surface area (Å²) in [6.07, 6.45) is 0. The van der Waals surface area contributed by atoms with Gasteiger partial charge in [0.1, 0.15) is 5.82 Å². The van der Waals surface area contributed by atoms with Crippen LogP contribution >= 0.6 is 0 Å². The molecule has 2 aromatic rings. The monoisotopic (exact) mass is 258 g/mol. The van der Waals surface area contributed by atoms with Crippen LogP contribution in [0, 0.1) is 0 Å². The normalized spacial score (nSPS) is 9.95. The Morgan fingerprint density at radius 3 is 2.53 bits per heavy atom. The lowest BCUT2D eigenvalue weighted by Gasteiger charge is -2.05. The second kappa shape index (κ2) is 5.81. The van der Waals surface area contributed by atoms with Crippen LogP contribution in [0.3, 0.4) is 0 Å². The minimum absolute atomic E-state index is 0.181. The Hall–Kier alpha value is -2.63. The van der Waals surface area contributed by atoms with Gasteiger partial charge in [0, 0.05) is 12.2 Å². The molecule has 1 heterocycles. The molecule has 0 aliphatic heterocycles. The van der Waals surface area contributed by atoms with E-state index in [9.17, 15) is 4.79 Å². The third-order valence-electron chi connectivity index (χ3n) is 2.51. The summed E-state index contributed by atoms with van der Waals surface area (Å²) in [5.41, 5.74) is 7.59. The van der Waals surface area contributed by atoms with Crippen LogP contribution < -0.4 is 11.1 Å². The standard InChI is InChI=1S/C13H14N4O2/c1-19-13(18)11-6-7-12(17-16-11)15-8-9-2-4-10(14)5-3-9/h2-7H,8,14H2,1H3,(H,15,17). The molecule has 0 spiro atoms. The van der Waals surface area contributed by atoms with Gasteiger partial charge in [0.25, 0.3) is 0 Å². The highest BCUT2D eigenvalue weighted by Crippen LogP contribution is 2.08. The minimum Gasteiger partial charge on any atom is -0.464 e. The van der Waals surface area contributed by atoms with Gasteiger partial charge < -0.3 is 15.8 Å². The molecule has 0 bridgehead atoms. The number of ether oxygens (including phenoxy) is 1. The van der Waals surface area contributed by atoms with Gasteiger partial charge in [-0.2, -0.15) is 0 Å². The first-order valence-electron chi connectivity index (χ1n) is 5.69. The maximum Gasteiger partial charge on any atom is 0.358 e. The van der Waals surface area contributed by atoms with E-state index in [1.54, 1.807) is 12.1 Å². The predicted octanol–water partition coefficient (Wildman–Crippen LogP) is 1.46. The van der Waals surface area contributed by atoms with E-state index in [0.717, 1.165) is 11.3 Å². The van der Waals surface area contributed by atoms with Gasteiger partial charge in [-0.15, -0.1) is 10.2 Å². The molecule has 0 saturated heterocycles. The molecular formula is C13H14N4O2. The molecule has 98 valence electrons. The van der Waals surface area contributed by atoms with Crippen molar-refractivity contribution in [2.24, 2.45) is 0 Å². The highest BCUT2D eigenvalue weighted by Gasteiger charge is 2.07. The van der Waals surface area contributed by atoms with Crippen LogP contribution in [0.4, 0.5) is 11.5 Å². The van der Waals surface area contributed by atoms with Gasteiger partial charge in [0.15, 0.2) is 5.69 Å². The lowest BCUT2D eigenvalue weighted by atomic mass is 10.2. The van der Waals surface area contributed by atoms with Gasteiger partial charge >= 0.3 is 5.97 Å². The van der Waals surface area contributed by atoms with Crippen molar-refractivity contribution in [1.29, 1.82) is 0 Å². The van der Waals surface area contributed by atoms with E-state index in [2.05, 4.69) is 20.3 Å². The summed E-state index contributed by atoms with van der Waals surface area (Å²) < 4.78 is 4.54. The Labute approximate surface area is 110 Å². The van der Waals surface area contributed by atoms with Crippen LogP contribution in [0.15, 0.2) is 36.4 Å². The summed E-state index contributed by atoms with van der Waals surface area (Å²) in [6.45, 7) is 0.604. The van der Waals surface area contributed by atoms with Crippen molar-refractivity contribution in [1.82, 2.24) is 10.2 Å². The van der Waals surface area contributed by atoms with E-state index in [0.29, 0.717) is 12.4 Å². The molecule has 0 amide bonds. The molecule has 0 unspecified atom stereocenters. The zero-order chi connectivity index (χ0) is 13.7. The van der Waals surface area contributed by atoms with Gasteiger partial charge in [0.05, 0.1) is 7.11 Å². The number of nitrogens with zero attached hydrogens (tertiary/aromatic N) is 2. The number of esters is 1. The highest BCUT2D eigenvalue weighted by atomic mass is 16.5. The zero-order valence-electron chi connectivity index (χ0n) is 10.5. The fourth-order valence-electron chi connectivity index (χ4n) is 1.47. The highest BCUT2D eigenvalue weighted by molar-refractivity contribution is 5.86. The Morgan fingerprint density at radius 1 is 1.21 bits per heavy atom. The molecule has 19 heavy (non-hydrogen) atoms. The number of hydrogen-bond donors (Lipinski definition) is 2. The van der Waals surface area contributed by atoms with Crippen molar-refractivity contribution in [3.05, 3.63) is 47.7 Å². The summed E-state index contributed by atoms with van der Waals surface area (Å²) in [5, 5.41) is 10.8. The van der Waals surface area contributed by atoms with Crippen molar-refractivity contribution < 1.29 is 9.53 Å². The summed E-state index contributed by atoms with van der Waals surface area (Å²) in [7, 11) is 1.30. The smallest absolute Gasteiger partial charge is 0.358 e. The van der Waals surface area contributed by atoms with Gasteiger partial charge in [-0.05, 0) is 29.8 Å². The van der Waals surface area contributed by atoms with Gasteiger partial charge in [-0.25, -0.2) is 4.79 Å². The number of nitrogens with one attached hydrogen (secondary N) is 1. The van der Waals surface area contributed by atoms with Crippen molar-refractivity contribution in [2.75, 3.05) is 18.2 Å². The molecule has 6 nitrogen and oxygen atoms in total. The quantitative estimate of drug-likeness (QED) is 0.637. The van der Waals surface area contributed by atoms with E-state index in [4.69, 9.17) is 5.73 Å². The number of methoxy groups -OCH3 is 1. The minimum atomic E-state index is -0.502. The predicted molar refractivity (Wildman–Crippen MR) is 71.6 cm³/mol. The zero-order valence-corrected chi connectivity index (χ0v) is 10.5. The largest absolute Gasteiger partial charge is 0.464 e. The molecular weight excluding hydrogens is 244 g/mol. The third-order valence-corrected chi connectivity index (χ3v) is 2.51. The van der Waals surface area contributed by atoms with Gasteiger partial charge in [0.2, 0.25) is 0 Å². The van der Waals surface area contributed by atoms with Crippen molar-refractivity contribution in [3.63, 3.8) is 0 Å². The average Bonchev–Trinajstić information content (AvgIpc) is 2.46. The lowest BCUT2D eigenvalue weighted by molar-refractivity contribution is 0.0593. The van der Waals surface area contributed by atoms with E-state index in [-0.39, 0.29) is 5.69 Å². The third kappa shape index (κ3) is 3.41. The number of nitrogen functional groups attached to an aromatic ring is 1. The topological polar surface area (TPSA) is 90.1 Å². The number of hydrogen-bond acceptors (Lipinski definition) is 6. The fourth-order valence-corrected chi connectivity index (χ4v) is 1.47. The Balaban J connectivity index is 1.96. The van der Waals surface area contributed by atoms with Gasteiger partial charge in [-0.3, -0.25) is 0 Å². The van der Waals surface area contributed by atoms with Crippen LogP contribution in [0.5, 0.6) is 0 Å². The first-order valence-corrected chi connectivity index (χ1v) is 5.69. The second-order valence-corrected chi connectivity index (χ2v) is 3.89. The van der Waals surface area contributed by atoms with Crippen LogP contribution in [-0.4, -0.2) is 23.3 Å². The molecule has 0 aliphatic rings. The summed E-state index contributed by atoms with van der Waals surface area (Å²) in [5.74, 6) is 0.0852. The molecule has 0 atom stereocenters. The number of nitrogens with two attached hydrogens (primary N) is 1. The van der Waals surface area contributed by atoms with Crippen molar-refractivity contribution in [2.45, 2.75) is 6.54 Å². The molecule has 0 aliphatic carbocycles. The molecule has 2 rings (SSSR count). The summed E-state index contributed by atoms with van der Waals surface area (Å²) in [6, 6.07) is 10.8. The Bertz CT molecular complexity index is 552. The number of carbonyl (C=O) groups excluding carboxylic acids is 1.